The molecule has 136 valence electrons. The minimum absolute atomic E-state index is 0.113. The van der Waals surface area contributed by atoms with Crippen LogP contribution in [0.15, 0.2) is 21.5 Å². The molecular formula is C18H21N5O3. The van der Waals surface area contributed by atoms with E-state index in [1.54, 1.807) is 24.8 Å². The van der Waals surface area contributed by atoms with Crippen LogP contribution in [0.4, 0.5) is 0 Å². The van der Waals surface area contributed by atoms with Crippen molar-refractivity contribution in [2.24, 2.45) is 0 Å². The predicted molar refractivity (Wildman–Crippen MR) is 94.2 cm³/mol. The number of carbonyl (C=O) groups is 1. The lowest BCUT2D eigenvalue weighted by Crippen LogP contribution is -2.38. The minimum Gasteiger partial charge on any atom is -0.351 e. The van der Waals surface area contributed by atoms with E-state index < -0.39 is 0 Å². The van der Waals surface area contributed by atoms with Gasteiger partial charge in [-0.1, -0.05) is 5.16 Å². The van der Waals surface area contributed by atoms with Crippen molar-refractivity contribution in [3.8, 4) is 0 Å². The van der Waals surface area contributed by atoms with Crippen molar-refractivity contribution in [3.05, 3.63) is 50.9 Å². The average Bonchev–Trinajstić information content (AvgIpc) is 3.25. The number of nitrogens with one attached hydrogen (secondary N) is 1. The van der Waals surface area contributed by atoms with Crippen LogP contribution >= 0.6 is 0 Å². The lowest BCUT2D eigenvalue weighted by atomic mass is 9.99. The minimum atomic E-state index is -0.179. The largest absolute Gasteiger partial charge is 0.351 e. The van der Waals surface area contributed by atoms with Crippen LogP contribution in [-0.4, -0.2) is 37.1 Å². The van der Waals surface area contributed by atoms with Crippen molar-refractivity contribution < 1.29 is 9.32 Å². The summed E-state index contributed by atoms with van der Waals surface area (Å²) in [7, 11) is 0. The number of aromatic amines is 1. The maximum absolute atomic E-state index is 12.9. The number of fused-ring (bicyclic) bond motifs is 1. The molecule has 0 aromatic carbocycles. The molecule has 8 heteroatoms. The van der Waals surface area contributed by atoms with E-state index in [1.807, 2.05) is 13.0 Å². The van der Waals surface area contributed by atoms with E-state index in [0.29, 0.717) is 29.1 Å². The molecule has 0 aliphatic carbocycles. The third-order valence-corrected chi connectivity index (χ3v) is 5.06. The Morgan fingerprint density at radius 1 is 1.27 bits per heavy atom. The number of aryl methyl sites for hydroxylation is 2. The Hall–Kier alpha value is -2.90. The summed E-state index contributed by atoms with van der Waals surface area (Å²) in [6.45, 7) is 6.01. The third-order valence-electron chi connectivity index (χ3n) is 5.06. The number of amides is 1. The van der Waals surface area contributed by atoms with Crippen LogP contribution < -0.4 is 5.56 Å². The van der Waals surface area contributed by atoms with Gasteiger partial charge in [-0.05, 0) is 40.0 Å². The number of hydrogen-bond acceptors (Lipinski definition) is 5. The van der Waals surface area contributed by atoms with Crippen LogP contribution in [0.3, 0.4) is 0 Å². The van der Waals surface area contributed by atoms with Gasteiger partial charge in [-0.3, -0.25) is 14.7 Å². The molecule has 26 heavy (non-hydrogen) atoms. The van der Waals surface area contributed by atoms with Gasteiger partial charge in [0.2, 0.25) is 5.76 Å². The summed E-state index contributed by atoms with van der Waals surface area (Å²) in [5.41, 5.74) is 3.27. The van der Waals surface area contributed by atoms with Crippen LogP contribution in [0.25, 0.3) is 5.65 Å². The van der Waals surface area contributed by atoms with Crippen LogP contribution in [-0.2, 0) is 0 Å². The summed E-state index contributed by atoms with van der Waals surface area (Å²) >= 11 is 0. The van der Waals surface area contributed by atoms with E-state index in [2.05, 4.69) is 15.2 Å². The van der Waals surface area contributed by atoms with Crippen molar-refractivity contribution in [2.45, 2.75) is 46.1 Å². The Morgan fingerprint density at radius 2 is 2.08 bits per heavy atom. The molecule has 0 spiro atoms. The Kier molecular flexibility index (Phi) is 3.90. The molecule has 1 aliphatic rings. The number of aromatic nitrogens is 4. The SMILES string of the molecule is Cc1cc(C(=O)N2CCCC[C@@H]2c2cc3nc(C)c(C)c(=O)n3[nH]2)on1. The van der Waals surface area contributed by atoms with Crippen molar-refractivity contribution in [1.82, 2.24) is 24.7 Å². The summed E-state index contributed by atoms with van der Waals surface area (Å²) in [6, 6.07) is 3.36. The van der Waals surface area contributed by atoms with Gasteiger partial charge >= 0.3 is 0 Å². The second kappa shape index (κ2) is 6.12. The number of H-pyrrole nitrogens is 1. The molecule has 1 aliphatic heterocycles. The molecule has 4 rings (SSSR count). The number of carbonyl (C=O) groups excluding carboxylic acids is 1. The predicted octanol–water partition coefficient (Wildman–Crippen LogP) is 2.30. The third kappa shape index (κ3) is 2.61. The zero-order chi connectivity index (χ0) is 18.4. The maximum atomic E-state index is 12.9. The van der Waals surface area contributed by atoms with E-state index >= 15 is 0 Å². The summed E-state index contributed by atoms with van der Waals surface area (Å²) in [5, 5.41) is 6.96. The molecule has 3 aromatic heterocycles. The lowest BCUT2D eigenvalue weighted by molar-refractivity contribution is 0.0563. The van der Waals surface area contributed by atoms with Gasteiger partial charge in [0.1, 0.15) is 0 Å². The van der Waals surface area contributed by atoms with Crippen LogP contribution in [0, 0.1) is 20.8 Å². The van der Waals surface area contributed by atoms with Gasteiger partial charge in [0.05, 0.1) is 17.4 Å². The van der Waals surface area contributed by atoms with Crippen LogP contribution in [0.5, 0.6) is 0 Å². The molecular weight excluding hydrogens is 334 g/mol. The molecule has 1 saturated heterocycles. The fraction of sp³-hybridized carbons (Fsp3) is 0.444. The highest BCUT2D eigenvalue weighted by Gasteiger charge is 2.32. The summed E-state index contributed by atoms with van der Waals surface area (Å²) in [6.07, 6.45) is 2.77. The van der Waals surface area contributed by atoms with Gasteiger partial charge in [-0.25, -0.2) is 9.50 Å². The van der Waals surface area contributed by atoms with Gasteiger partial charge in [0.15, 0.2) is 5.65 Å². The van der Waals surface area contributed by atoms with Crippen molar-refractivity contribution >= 4 is 11.6 Å². The van der Waals surface area contributed by atoms with Gasteiger partial charge in [-0.15, -0.1) is 0 Å². The quantitative estimate of drug-likeness (QED) is 0.761. The van der Waals surface area contributed by atoms with Gasteiger partial charge in [-0.2, -0.15) is 0 Å². The normalized spacial score (nSPS) is 17.8. The molecule has 3 aromatic rings. The van der Waals surface area contributed by atoms with Crippen molar-refractivity contribution in [3.63, 3.8) is 0 Å². The van der Waals surface area contributed by atoms with Crippen LogP contribution in [0.1, 0.15) is 58.5 Å². The molecule has 1 N–H and O–H groups in total. The second-order valence-electron chi connectivity index (χ2n) is 6.88. The first kappa shape index (κ1) is 16.6. The molecule has 1 atom stereocenters. The highest BCUT2D eigenvalue weighted by atomic mass is 16.5. The molecule has 0 bridgehead atoms. The smallest absolute Gasteiger partial charge is 0.293 e. The molecule has 0 unspecified atom stereocenters. The van der Waals surface area contributed by atoms with Crippen molar-refractivity contribution in [2.75, 3.05) is 6.54 Å². The van der Waals surface area contributed by atoms with E-state index in [9.17, 15) is 9.59 Å². The van der Waals surface area contributed by atoms with Crippen LogP contribution in [0.2, 0.25) is 0 Å². The zero-order valence-corrected chi connectivity index (χ0v) is 15.1. The van der Waals surface area contributed by atoms with E-state index in [1.165, 1.54) is 4.52 Å². The molecule has 1 fully saturated rings. The number of hydrogen-bond donors (Lipinski definition) is 1. The number of piperidine rings is 1. The highest BCUT2D eigenvalue weighted by Crippen LogP contribution is 2.31. The number of likely N-dealkylation sites (tertiary alicyclic amines) is 1. The van der Waals surface area contributed by atoms with E-state index in [-0.39, 0.29) is 23.3 Å². The second-order valence-corrected chi connectivity index (χ2v) is 6.88. The van der Waals surface area contributed by atoms with E-state index in [4.69, 9.17) is 4.52 Å². The molecule has 0 radical (unpaired) electrons. The Balaban J connectivity index is 1.75. The summed E-state index contributed by atoms with van der Waals surface area (Å²) in [5.74, 6) is 0.0640. The maximum Gasteiger partial charge on any atom is 0.293 e. The monoisotopic (exact) mass is 355 g/mol. The molecule has 0 saturated carbocycles. The Bertz CT molecular complexity index is 1040. The first-order valence-corrected chi connectivity index (χ1v) is 8.79. The first-order chi connectivity index (χ1) is 12.5. The van der Waals surface area contributed by atoms with E-state index in [0.717, 1.165) is 25.0 Å². The topological polar surface area (TPSA) is 96.5 Å². The van der Waals surface area contributed by atoms with Crippen molar-refractivity contribution in [1.29, 1.82) is 0 Å². The average molecular weight is 355 g/mol. The highest BCUT2D eigenvalue weighted by molar-refractivity contribution is 5.91. The fourth-order valence-electron chi connectivity index (χ4n) is 3.51. The summed E-state index contributed by atoms with van der Waals surface area (Å²) < 4.78 is 6.61. The van der Waals surface area contributed by atoms with Gasteiger partial charge in [0.25, 0.3) is 11.5 Å². The number of nitrogens with zero attached hydrogens (tertiary/aromatic N) is 4. The molecule has 4 heterocycles. The van der Waals surface area contributed by atoms with Gasteiger partial charge < -0.3 is 9.42 Å². The Labute approximate surface area is 149 Å². The summed E-state index contributed by atoms with van der Waals surface area (Å²) in [4.78, 5) is 31.6. The zero-order valence-electron chi connectivity index (χ0n) is 15.1. The standard InChI is InChI=1S/C18H21N5O3/c1-10-8-15(26-21-10)18(25)22-7-5-4-6-14(22)13-9-16-19-12(3)11(2)17(24)23(16)20-13/h8-9,14,20H,4-7H2,1-3H3/t14-/m1/s1. The Morgan fingerprint density at radius 3 is 2.81 bits per heavy atom. The number of rotatable bonds is 2. The lowest BCUT2D eigenvalue weighted by Gasteiger charge is -2.34. The van der Waals surface area contributed by atoms with Gasteiger partial charge in [0, 0.05) is 29.9 Å². The fourth-order valence-corrected chi connectivity index (χ4v) is 3.51. The first-order valence-electron chi connectivity index (χ1n) is 8.79. The molecule has 1 amide bonds. The molecule has 8 nitrogen and oxygen atoms in total.